The third kappa shape index (κ3) is 3.65. The fraction of sp³-hybridized carbons (Fsp3) is 0.333. The highest BCUT2D eigenvalue weighted by molar-refractivity contribution is 7.07. The monoisotopic (exact) mass is 289 g/mol. The van der Waals surface area contributed by atoms with Crippen molar-refractivity contribution in [2.45, 2.75) is 13.0 Å². The molecule has 0 spiro atoms. The number of aromatic nitrogens is 1. The summed E-state index contributed by atoms with van der Waals surface area (Å²) in [6.45, 7) is 2.45. The zero-order valence-corrected chi connectivity index (χ0v) is 12.8. The summed E-state index contributed by atoms with van der Waals surface area (Å²) in [6.07, 6.45) is 0. The van der Waals surface area contributed by atoms with E-state index in [9.17, 15) is 4.79 Å². The van der Waals surface area contributed by atoms with Crippen molar-refractivity contribution in [2.24, 2.45) is 0 Å². The average molecular weight is 289 g/mol. The van der Waals surface area contributed by atoms with E-state index in [-0.39, 0.29) is 11.9 Å². The Balaban J connectivity index is 2.01. The van der Waals surface area contributed by atoms with Crippen molar-refractivity contribution in [1.29, 1.82) is 0 Å². The molecule has 2 aromatic heterocycles. The van der Waals surface area contributed by atoms with Gasteiger partial charge in [-0.3, -0.25) is 4.79 Å². The van der Waals surface area contributed by atoms with E-state index in [4.69, 9.17) is 0 Å². The van der Waals surface area contributed by atoms with Crippen LogP contribution >= 0.6 is 11.3 Å². The van der Waals surface area contributed by atoms with Crippen LogP contribution in [0.4, 0.5) is 0 Å². The molecule has 1 atom stereocenters. The summed E-state index contributed by atoms with van der Waals surface area (Å²) in [7, 11) is 4.03. The van der Waals surface area contributed by atoms with Gasteiger partial charge in [0.05, 0.1) is 6.04 Å². The lowest BCUT2D eigenvalue weighted by Crippen LogP contribution is -2.34. The maximum absolute atomic E-state index is 12.1. The molecule has 5 heteroatoms. The maximum Gasteiger partial charge on any atom is 0.269 e. The summed E-state index contributed by atoms with van der Waals surface area (Å²) in [6, 6.07) is 7.73. The molecule has 0 aliphatic rings. The molecule has 4 nitrogen and oxygen atoms in total. The highest BCUT2D eigenvalue weighted by Crippen LogP contribution is 2.20. The molecule has 0 saturated carbocycles. The predicted octanol–water partition coefficient (Wildman–Crippen LogP) is 2.48. The number of carbonyl (C=O) groups is 1. The molecule has 0 fully saturated rings. The van der Waals surface area contributed by atoms with Crippen molar-refractivity contribution in [2.75, 3.05) is 20.6 Å². The number of amides is 1. The van der Waals surface area contributed by atoms with Gasteiger partial charge in [0.25, 0.3) is 5.91 Å². The number of nitrogens with zero attached hydrogens (tertiary/aromatic N) is 2. The molecule has 2 rings (SSSR count). The van der Waals surface area contributed by atoms with Gasteiger partial charge in [0.15, 0.2) is 0 Å². The molecule has 0 unspecified atom stereocenters. The fourth-order valence-corrected chi connectivity index (χ4v) is 2.72. The van der Waals surface area contributed by atoms with E-state index in [2.05, 4.69) is 32.0 Å². The molecule has 0 radical (unpaired) electrons. The number of carbonyl (C=O) groups excluding carboxylic acids is 1. The molecule has 0 aromatic carbocycles. The number of hydrogen-bond donors (Lipinski definition) is 1. The van der Waals surface area contributed by atoms with Crippen molar-refractivity contribution < 1.29 is 4.79 Å². The lowest BCUT2D eigenvalue weighted by molar-refractivity contribution is 0.0937. The van der Waals surface area contributed by atoms with Crippen molar-refractivity contribution in [3.05, 3.63) is 52.0 Å². The Bertz CT molecular complexity index is 566. The van der Waals surface area contributed by atoms with E-state index >= 15 is 0 Å². The largest absolute Gasteiger partial charge is 0.349 e. The molecule has 0 aliphatic heterocycles. The van der Waals surface area contributed by atoms with Crippen LogP contribution in [0.2, 0.25) is 0 Å². The van der Waals surface area contributed by atoms with Crippen LogP contribution in [0, 0.1) is 6.92 Å². The van der Waals surface area contributed by atoms with E-state index in [1.807, 2.05) is 33.2 Å². The first-order chi connectivity index (χ1) is 9.58. The number of likely N-dealkylation sites (N-methyl/N-ethyl adjacent to an activating group) is 1. The normalized spacial score (nSPS) is 12.4. The molecule has 0 saturated heterocycles. The Hall–Kier alpha value is -1.72. The van der Waals surface area contributed by atoms with Crippen LogP contribution in [-0.4, -0.2) is 36.4 Å². The van der Waals surface area contributed by atoms with E-state index in [1.165, 1.54) is 5.56 Å². The maximum atomic E-state index is 12.1. The standard InChI is InChI=1S/C15H19N3OS/c1-11-5-4-6-13(17-11)15(19)16-9-14(18(2)3)12-7-8-20-10-12/h4-8,10,14H,9H2,1-3H3,(H,16,19)/t14-/m1/s1. The fourth-order valence-electron chi connectivity index (χ4n) is 2.01. The first kappa shape index (κ1) is 14.7. The molecule has 1 N–H and O–H groups in total. The third-order valence-electron chi connectivity index (χ3n) is 3.13. The molecule has 2 aromatic rings. The molecule has 0 aliphatic carbocycles. The number of rotatable bonds is 5. The van der Waals surface area contributed by atoms with Gasteiger partial charge in [-0.15, -0.1) is 0 Å². The Labute approximate surface area is 123 Å². The Morgan fingerprint density at radius 1 is 1.40 bits per heavy atom. The third-order valence-corrected chi connectivity index (χ3v) is 3.83. The molecule has 20 heavy (non-hydrogen) atoms. The second-order valence-corrected chi connectivity index (χ2v) is 5.69. The van der Waals surface area contributed by atoms with Gasteiger partial charge >= 0.3 is 0 Å². The van der Waals surface area contributed by atoms with Crippen LogP contribution in [-0.2, 0) is 0 Å². The number of aryl methyl sites for hydroxylation is 1. The molecular weight excluding hydrogens is 270 g/mol. The van der Waals surface area contributed by atoms with Gasteiger partial charge in [-0.25, -0.2) is 4.98 Å². The zero-order valence-electron chi connectivity index (χ0n) is 12.0. The first-order valence-corrected chi connectivity index (χ1v) is 7.42. The van der Waals surface area contributed by atoms with Gasteiger partial charge in [-0.05, 0) is 55.5 Å². The van der Waals surface area contributed by atoms with Gasteiger partial charge in [0, 0.05) is 12.2 Å². The zero-order chi connectivity index (χ0) is 14.5. The second kappa shape index (κ2) is 6.63. The molecule has 0 bridgehead atoms. The van der Waals surface area contributed by atoms with Gasteiger partial charge in [-0.2, -0.15) is 11.3 Å². The molecule has 106 valence electrons. The minimum Gasteiger partial charge on any atom is -0.349 e. The number of thiophene rings is 1. The predicted molar refractivity (Wildman–Crippen MR) is 82.1 cm³/mol. The highest BCUT2D eigenvalue weighted by atomic mass is 32.1. The highest BCUT2D eigenvalue weighted by Gasteiger charge is 2.16. The van der Waals surface area contributed by atoms with Crippen LogP contribution in [0.3, 0.4) is 0 Å². The minimum atomic E-state index is -0.129. The molecule has 2 heterocycles. The number of pyridine rings is 1. The van der Waals surface area contributed by atoms with Crippen LogP contribution in [0.25, 0.3) is 0 Å². The summed E-state index contributed by atoms with van der Waals surface area (Å²) in [5.41, 5.74) is 2.53. The smallest absolute Gasteiger partial charge is 0.269 e. The first-order valence-electron chi connectivity index (χ1n) is 6.48. The minimum absolute atomic E-state index is 0.129. The van der Waals surface area contributed by atoms with Crippen LogP contribution in [0.1, 0.15) is 27.8 Å². The van der Waals surface area contributed by atoms with Crippen molar-refractivity contribution >= 4 is 17.2 Å². The lowest BCUT2D eigenvalue weighted by atomic mass is 10.1. The Morgan fingerprint density at radius 3 is 2.80 bits per heavy atom. The summed E-state index contributed by atoms with van der Waals surface area (Å²) < 4.78 is 0. The SMILES string of the molecule is Cc1cccc(C(=O)NC[C@H](c2ccsc2)N(C)C)n1. The van der Waals surface area contributed by atoms with Crippen LogP contribution < -0.4 is 5.32 Å². The molecule has 1 amide bonds. The second-order valence-electron chi connectivity index (χ2n) is 4.91. The molecular formula is C15H19N3OS. The van der Waals surface area contributed by atoms with Crippen molar-refractivity contribution in [3.63, 3.8) is 0 Å². The van der Waals surface area contributed by atoms with Gasteiger partial charge in [0.1, 0.15) is 5.69 Å². The topological polar surface area (TPSA) is 45.2 Å². The van der Waals surface area contributed by atoms with Crippen molar-refractivity contribution in [3.8, 4) is 0 Å². The van der Waals surface area contributed by atoms with Gasteiger partial charge in [0.2, 0.25) is 0 Å². The summed E-state index contributed by atoms with van der Waals surface area (Å²) in [4.78, 5) is 18.4. The number of hydrogen-bond acceptors (Lipinski definition) is 4. The van der Waals surface area contributed by atoms with E-state index in [0.717, 1.165) is 5.69 Å². The summed E-state index contributed by atoms with van der Waals surface area (Å²) in [5.74, 6) is -0.129. The van der Waals surface area contributed by atoms with E-state index in [1.54, 1.807) is 17.4 Å². The quantitative estimate of drug-likeness (QED) is 0.920. The van der Waals surface area contributed by atoms with Crippen LogP contribution in [0.15, 0.2) is 35.0 Å². The number of nitrogens with one attached hydrogen (secondary N) is 1. The Morgan fingerprint density at radius 2 is 2.20 bits per heavy atom. The summed E-state index contributed by atoms with van der Waals surface area (Å²) in [5, 5.41) is 7.12. The average Bonchev–Trinajstić information content (AvgIpc) is 2.92. The van der Waals surface area contributed by atoms with Crippen molar-refractivity contribution in [1.82, 2.24) is 15.2 Å². The van der Waals surface area contributed by atoms with E-state index < -0.39 is 0 Å². The van der Waals surface area contributed by atoms with Gasteiger partial charge in [-0.1, -0.05) is 6.07 Å². The lowest BCUT2D eigenvalue weighted by Gasteiger charge is -2.23. The van der Waals surface area contributed by atoms with Gasteiger partial charge < -0.3 is 10.2 Å². The Kier molecular flexibility index (Phi) is 4.87. The van der Waals surface area contributed by atoms with Crippen LogP contribution in [0.5, 0.6) is 0 Å². The summed E-state index contributed by atoms with van der Waals surface area (Å²) >= 11 is 1.67. The van der Waals surface area contributed by atoms with E-state index in [0.29, 0.717) is 12.2 Å².